The molecule has 1 aromatic heterocycles. The van der Waals surface area contributed by atoms with Crippen LogP contribution in [-0.4, -0.2) is 18.7 Å². The van der Waals surface area contributed by atoms with E-state index in [1.165, 1.54) is 65.9 Å². The number of carbonyl (C=O) groups is 1. The maximum absolute atomic E-state index is 12.0. The second-order valence-electron chi connectivity index (χ2n) is 14.6. The second-order valence-corrected chi connectivity index (χ2v) is 14.6. The van der Waals surface area contributed by atoms with E-state index in [4.69, 9.17) is 4.74 Å². The summed E-state index contributed by atoms with van der Waals surface area (Å²) in [6, 6.07) is 48.1. The molecule has 5 rings (SSSR count). The molecule has 1 heterocycles. The van der Waals surface area contributed by atoms with E-state index in [1.54, 1.807) is 0 Å². The van der Waals surface area contributed by atoms with Crippen LogP contribution in [0.25, 0.3) is 0 Å². The average Bonchev–Trinajstić information content (AvgIpc) is 3.19. The molecule has 0 aliphatic heterocycles. The van der Waals surface area contributed by atoms with Gasteiger partial charge in [0.25, 0.3) is 0 Å². The SMILES string of the molecule is CCCCC(CCCC)c1cc[n+](CCCOC(=O)C(C)(C)CC)cc1.c1ccc([B-](c2ccccc2)(c2ccccc2)c2ccccc2)cc1. The van der Waals surface area contributed by atoms with Crippen LogP contribution in [0.2, 0.25) is 0 Å². The molecule has 0 radical (unpaired) electrons. The number of ether oxygens (including phenoxy) is 1. The average molecular weight is 682 g/mol. The molecule has 0 unspecified atom stereocenters. The van der Waals surface area contributed by atoms with E-state index < -0.39 is 6.15 Å². The first-order chi connectivity index (χ1) is 24.9. The number of aromatic nitrogens is 1. The Morgan fingerprint density at radius 3 is 1.35 bits per heavy atom. The minimum atomic E-state index is -1.22. The largest absolute Gasteiger partial charge is 0.465 e. The lowest BCUT2D eigenvalue weighted by atomic mass is 9.13. The van der Waals surface area contributed by atoms with Gasteiger partial charge in [0.1, 0.15) is 6.15 Å². The van der Waals surface area contributed by atoms with E-state index in [9.17, 15) is 4.79 Å². The molecule has 0 aliphatic rings. The highest BCUT2D eigenvalue weighted by Gasteiger charge is 2.31. The number of unbranched alkanes of at least 4 members (excludes halogenated alkanes) is 2. The van der Waals surface area contributed by atoms with Crippen LogP contribution in [0, 0.1) is 5.41 Å². The van der Waals surface area contributed by atoms with Gasteiger partial charge >= 0.3 is 5.97 Å². The molecule has 0 fully saturated rings. The van der Waals surface area contributed by atoms with Gasteiger partial charge in [-0.15, -0.1) is 0 Å². The van der Waals surface area contributed by atoms with Crippen molar-refractivity contribution in [1.29, 1.82) is 0 Å². The summed E-state index contributed by atoms with van der Waals surface area (Å²) in [5.74, 6) is 0.608. The van der Waals surface area contributed by atoms with Crippen LogP contribution in [0.4, 0.5) is 0 Å². The Hall–Kier alpha value is -4.44. The monoisotopic (exact) mass is 681 g/mol. The van der Waals surface area contributed by atoms with Gasteiger partial charge in [0, 0.05) is 18.6 Å². The van der Waals surface area contributed by atoms with Crippen molar-refractivity contribution in [2.45, 2.75) is 98.4 Å². The van der Waals surface area contributed by atoms with Crippen molar-refractivity contribution in [2.24, 2.45) is 5.41 Å². The van der Waals surface area contributed by atoms with Crippen LogP contribution < -0.4 is 26.4 Å². The van der Waals surface area contributed by atoms with Gasteiger partial charge < -0.3 is 4.74 Å². The molecule has 0 bridgehead atoms. The normalized spacial score (nSPS) is 11.5. The molecule has 0 atom stereocenters. The molecule has 0 saturated carbocycles. The summed E-state index contributed by atoms with van der Waals surface area (Å²) in [4.78, 5) is 12.0. The molecule has 0 spiro atoms. The van der Waals surface area contributed by atoms with Crippen LogP contribution in [0.3, 0.4) is 0 Å². The Labute approximate surface area is 309 Å². The van der Waals surface area contributed by atoms with Crippen LogP contribution in [0.1, 0.15) is 97.5 Å². The highest BCUT2D eigenvalue weighted by Crippen LogP contribution is 2.27. The van der Waals surface area contributed by atoms with E-state index in [2.05, 4.69) is 164 Å². The first-order valence-corrected chi connectivity index (χ1v) is 19.4. The topological polar surface area (TPSA) is 30.2 Å². The third-order valence-electron chi connectivity index (χ3n) is 10.6. The number of hydrogen-bond donors (Lipinski definition) is 0. The van der Waals surface area contributed by atoms with Gasteiger partial charge in [0.15, 0.2) is 18.9 Å². The summed E-state index contributed by atoms with van der Waals surface area (Å²) < 4.78 is 7.61. The molecule has 0 N–H and O–H groups in total. The second kappa shape index (κ2) is 20.4. The number of benzene rings is 4. The van der Waals surface area contributed by atoms with E-state index >= 15 is 0 Å². The maximum Gasteiger partial charge on any atom is 0.311 e. The van der Waals surface area contributed by atoms with Crippen LogP contribution in [0.15, 0.2) is 146 Å². The molecule has 0 aliphatic carbocycles. The van der Waals surface area contributed by atoms with E-state index in [0.29, 0.717) is 12.5 Å². The number of aryl methyl sites for hydroxylation is 1. The molecule has 3 nitrogen and oxygen atoms in total. The Morgan fingerprint density at radius 2 is 1.00 bits per heavy atom. The summed E-state index contributed by atoms with van der Waals surface area (Å²) in [7, 11) is 0. The van der Waals surface area contributed by atoms with Crippen molar-refractivity contribution < 1.29 is 14.1 Å². The zero-order valence-corrected chi connectivity index (χ0v) is 31.8. The standard InChI is InChI=1S/C24H20B.C23H40NO2/c1-5-13-21(14-6-1)25(22-15-7-2-8-16-22,23-17-9-3-10-18-23)24-19-11-4-12-20-24;1-6-9-12-20(13-10-7-2)21-14-17-24(18-15-21)16-11-19-26-22(25)23(4,5)8-3/h1-20H;14-15,17-18,20H,6-13,16,19H2,1-5H3/q-1;+1. The van der Waals surface area contributed by atoms with E-state index in [-0.39, 0.29) is 11.4 Å². The number of nitrogens with zero attached hydrogens (tertiary/aromatic N) is 1. The predicted octanol–water partition coefficient (Wildman–Crippen LogP) is 8.87. The Bertz CT molecular complexity index is 1500. The highest BCUT2D eigenvalue weighted by molar-refractivity contribution is 7.19. The van der Waals surface area contributed by atoms with Crippen molar-refractivity contribution in [1.82, 2.24) is 0 Å². The van der Waals surface area contributed by atoms with Crippen molar-refractivity contribution >= 4 is 34.0 Å². The fourth-order valence-corrected chi connectivity index (χ4v) is 7.14. The lowest BCUT2D eigenvalue weighted by Crippen LogP contribution is -2.74. The van der Waals surface area contributed by atoms with Crippen molar-refractivity contribution in [3.05, 3.63) is 151 Å². The summed E-state index contributed by atoms with van der Waals surface area (Å²) in [6.45, 7) is 11.8. The number of rotatable bonds is 17. The van der Waals surface area contributed by atoms with Gasteiger partial charge in [0.2, 0.25) is 0 Å². The molecular weight excluding hydrogens is 621 g/mol. The molecule has 4 aromatic carbocycles. The summed E-state index contributed by atoms with van der Waals surface area (Å²) in [6.07, 6.45) is 12.5. The number of esters is 1. The first-order valence-electron chi connectivity index (χ1n) is 19.4. The zero-order chi connectivity index (χ0) is 36.4. The first kappa shape index (κ1) is 39.4. The van der Waals surface area contributed by atoms with Crippen LogP contribution in [0.5, 0.6) is 0 Å². The molecular formula is C47H60BNO2. The Kier molecular flexibility index (Phi) is 15.8. The predicted molar refractivity (Wildman–Crippen MR) is 218 cm³/mol. The molecule has 268 valence electrons. The number of pyridine rings is 1. The molecule has 0 saturated heterocycles. The van der Waals surface area contributed by atoms with E-state index in [1.807, 2.05) is 20.8 Å². The summed E-state index contributed by atoms with van der Waals surface area (Å²) >= 11 is 0. The van der Waals surface area contributed by atoms with Crippen molar-refractivity contribution in [3.63, 3.8) is 0 Å². The van der Waals surface area contributed by atoms with Gasteiger partial charge in [-0.1, -0.05) is 168 Å². The van der Waals surface area contributed by atoms with Gasteiger partial charge in [-0.3, -0.25) is 4.79 Å². The van der Waals surface area contributed by atoms with Crippen molar-refractivity contribution in [2.75, 3.05) is 6.61 Å². The van der Waals surface area contributed by atoms with E-state index in [0.717, 1.165) is 19.4 Å². The van der Waals surface area contributed by atoms with Gasteiger partial charge in [-0.05, 0) is 44.6 Å². The molecule has 51 heavy (non-hydrogen) atoms. The molecule has 4 heteroatoms. The smallest absolute Gasteiger partial charge is 0.311 e. The third kappa shape index (κ3) is 10.8. The van der Waals surface area contributed by atoms with Crippen molar-refractivity contribution in [3.8, 4) is 0 Å². The highest BCUT2D eigenvalue weighted by atomic mass is 16.5. The quantitative estimate of drug-likeness (QED) is 0.0425. The fourth-order valence-electron chi connectivity index (χ4n) is 7.14. The Morgan fingerprint density at radius 1 is 0.608 bits per heavy atom. The van der Waals surface area contributed by atoms with Gasteiger partial charge in [-0.25, -0.2) is 4.57 Å². The summed E-state index contributed by atoms with van der Waals surface area (Å²) in [5.41, 5.74) is 6.45. The third-order valence-corrected chi connectivity index (χ3v) is 10.6. The summed E-state index contributed by atoms with van der Waals surface area (Å²) in [5, 5.41) is 0. The minimum Gasteiger partial charge on any atom is -0.465 e. The Balaban J connectivity index is 0.000000229. The van der Waals surface area contributed by atoms with Crippen LogP contribution in [-0.2, 0) is 16.1 Å². The number of hydrogen-bond acceptors (Lipinski definition) is 2. The lowest BCUT2D eigenvalue weighted by molar-refractivity contribution is -0.697. The zero-order valence-electron chi connectivity index (χ0n) is 31.8. The minimum absolute atomic E-state index is 0.0879. The van der Waals surface area contributed by atoms with Crippen LogP contribution >= 0.6 is 0 Å². The molecule has 5 aromatic rings. The van der Waals surface area contributed by atoms with Gasteiger partial charge in [-0.2, -0.15) is 21.9 Å². The lowest BCUT2D eigenvalue weighted by Gasteiger charge is -2.44. The number of carbonyl (C=O) groups excluding carboxylic acids is 1. The maximum atomic E-state index is 12.0. The molecule has 0 amide bonds. The van der Waals surface area contributed by atoms with Gasteiger partial charge in [0.05, 0.1) is 12.0 Å². The fraction of sp³-hybridized carbons (Fsp3) is 0.362.